The van der Waals surface area contributed by atoms with Crippen molar-refractivity contribution in [1.29, 1.82) is 0 Å². The Bertz CT molecular complexity index is 2240. The van der Waals surface area contributed by atoms with Gasteiger partial charge in [0.1, 0.15) is 0 Å². The van der Waals surface area contributed by atoms with E-state index in [9.17, 15) is 0 Å². The highest BCUT2D eigenvalue weighted by Gasteiger charge is 2.54. The van der Waals surface area contributed by atoms with Gasteiger partial charge >= 0.3 is 0 Å². The maximum Gasteiger partial charge on any atom is 0.0634 e. The normalized spacial score (nSPS) is 30.6. The van der Waals surface area contributed by atoms with Crippen LogP contribution in [0.25, 0.3) is 11.1 Å². The lowest BCUT2D eigenvalue weighted by Gasteiger charge is -2.58. The molecule has 0 spiro atoms. The molecule has 1 nitrogen and oxygen atoms in total. The van der Waals surface area contributed by atoms with Gasteiger partial charge in [-0.05, 0) is 79.6 Å². The van der Waals surface area contributed by atoms with Crippen LogP contribution in [-0.2, 0) is 16.2 Å². The number of benzene rings is 3. The molecule has 0 bridgehead atoms. The standard InChI is InChI=1S/C49H47N/c1-47(2)38-16-10-9-15-36(38)37-23-21-33(26-40(37)47)34-22-24-45-41(27-34)49(5,6)43-29-35(32-20-19-30-13-7-8-14-31(30)25-32)28-42-46(43)50(45)44-18-12-11-17-39(44)48(42,3)4/h7-31,36,38,42,46H,1-6H3. The first-order valence-corrected chi connectivity index (χ1v) is 18.8. The monoisotopic (exact) mass is 649 g/mol. The van der Waals surface area contributed by atoms with E-state index in [4.69, 9.17) is 0 Å². The molecular weight excluding hydrogens is 603 g/mol. The number of rotatable bonds is 2. The lowest BCUT2D eigenvalue weighted by molar-refractivity contribution is 0.300. The van der Waals surface area contributed by atoms with E-state index in [-0.39, 0.29) is 22.3 Å². The van der Waals surface area contributed by atoms with Crippen molar-refractivity contribution in [2.45, 2.75) is 69.7 Å². The molecule has 2 heterocycles. The molecule has 50 heavy (non-hydrogen) atoms. The van der Waals surface area contributed by atoms with Gasteiger partial charge in [-0.2, -0.15) is 0 Å². The third kappa shape index (κ3) is 4.01. The largest absolute Gasteiger partial charge is 0.333 e. The van der Waals surface area contributed by atoms with Gasteiger partial charge in [0.25, 0.3) is 0 Å². The van der Waals surface area contributed by atoms with Gasteiger partial charge < -0.3 is 4.90 Å². The number of fused-ring (bicyclic) bond motifs is 8. The van der Waals surface area contributed by atoms with E-state index in [1.54, 1.807) is 0 Å². The van der Waals surface area contributed by atoms with Crippen LogP contribution in [0, 0.1) is 23.7 Å². The summed E-state index contributed by atoms with van der Waals surface area (Å²) in [6.07, 6.45) is 30.9. The van der Waals surface area contributed by atoms with Crippen molar-refractivity contribution in [3.8, 4) is 11.1 Å². The molecule has 6 unspecified atom stereocenters. The maximum absolute atomic E-state index is 2.71. The lowest BCUT2D eigenvalue weighted by Crippen LogP contribution is -2.57. The second-order valence-electron chi connectivity index (χ2n) is 17.4. The third-order valence-corrected chi connectivity index (χ3v) is 13.8. The van der Waals surface area contributed by atoms with E-state index in [1.807, 2.05) is 0 Å². The van der Waals surface area contributed by atoms with Crippen molar-refractivity contribution in [1.82, 2.24) is 0 Å². The zero-order valence-corrected chi connectivity index (χ0v) is 30.2. The molecule has 0 amide bonds. The summed E-state index contributed by atoms with van der Waals surface area (Å²) >= 11 is 0. The van der Waals surface area contributed by atoms with Crippen LogP contribution in [0.1, 0.15) is 69.7 Å². The van der Waals surface area contributed by atoms with Crippen molar-refractivity contribution in [3.63, 3.8) is 0 Å². The fraction of sp³-hybridized carbons (Fsp3) is 0.306. The second kappa shape index (κ2) is 10.2. The first-order valence-electron chi connectivity index (χ1n) is 18.8. The fourth-order valence-electron chi connectivity index (χ4n) is 10.9. The number of anilines is 2. The molecule has 3 aromatic carbocycles. The SMILES string of the molecule is CC1(C)C2=CC(C3=CC4C=CC=CC4C=C3)=CC3C2N(c2ccc(-c4ccc5c(c4)C(C)(C)C4C=CC=CC54)cc21)c1ccccc1C3(C)C. The highest BCUT2D eigenvalue weighted by atomic mass is 15.2. The van der Waals surface area contributed by atoms with Crippen LogP contribution in [-0.4, -0.2) is 6.04 Å². The van der Waals surface area contributed by atoms with Gasteiger partial charge in [-0.3, -0.25) is 0 Å². The molecule has 0 radical (unpaired) electrons. The Hall–Kier alpha value is -4.62. The van der Waals surface area contributed by atoms with Crippen molar-refractivity contribution in [2.24, 2.45) is 23.7 Å². The summed E-state index contributed by atoms with van der Waals surface area (Å²) < 4.78 is 0. The predicted octanol–water partition coefficient (Wildman–Crippen LogP) is 11.9. The summed E-state index contributed by atoms with van der Waals surface area (Å²) in [7, 11) is 0. The molecule has 7 aliphatic rings. The average Bonchev–Trinajstić information content (AvgIpc) is 3.36. The fourth-order valence-corrected chi connectivity index (χ4v) is 10.9. The number of hydrogen-bond donors (Lipinski definition) is 0. The first-order chi connectivity index (χ1) is 24.0. The zero-order valence-electron chi connectivity index (χ0n) is 30.2. The van der Waals surface area contributed by atoms with Gasteiger partial charge in [-0.15, -0.1) is 0 Å². The van der Waals surface area contributed by atoms with Crippen LogP contribution >= 0.6 is 0 Å². The topological polar surface area (TPSA) is 3.24 Å². The molecular formula is C49H47N. The molecule has 0 fully saturated rings. The number of nitrogens with zero attached hydrogens (tertiary/aromatic N) is 1. The van der Waals surface area contributed by atoms with E-state index >= 15 is 0 Å². The van der Waals surface area contributed by atoms with Crippen LogP contribution in [0.5, 0.6) is 0 Å². The molecule has 1 heteroatoms. The zero-order chi connectivity index (χ0) is 34.2. The molecule has 248 valence electrons. The molecule has 0 saturated carbocycles. The van der Waals surface area contributed by atoms with Crippen LogP contribution in [0.4, 0.5) is 11.4 Å². The summed E-state index contributed by atoms with van der Waals surface area (Å²) in [5.41, 5.74) is 15.4. The van der Waals surface area contributed by atoms with Gasteiger partial charge in [0.15, 0.2) is 0 Å². The van der Waals surface area contributed by atoms with Crippen LogP contribution in [0.15, 0.2) is 156 Å². The Morgan fingerprint density at radius 2 is 1.24 bits per heavy atom. The van der Waals surface area contributed by atoms with E-state index < -0.39 is 0 Å². The van der Waals surface area contributed by atoms with Crippen molar-refractivity contribution in [3.05, 3.63) is 179 Å². The summed E-state index contributed by atoms with van der Waals surface area (Å²) in [5, 5.41) is 0. The summed E-state index contributed by atoms with van der Waals surface area (Å²) in [4.78, 5) is 2.71. The minimum absolute atomic E-state index is 0.0240. The minimum Gasteiger partial charge on any atom is -0.333 e. The van der Waals surface area contributed by atoms with Crippen LogP contribution in [0.3, 0.4) is 0 Å². The molecule has 0 aromatic heterocycles. The van der Waals surface area contributed by atoms with Crippen molar-refractivity contribution in [2.75, 3.05) is 4.90 Å². The minimum atomic E-state index is -0.151. The average molecular weight is 650 g/mol. The Morgan fingerprint density at radius 1 is 0.560 bits per heavy atom. The molecule has 0 saturated heterocycles. The third-order valence-electron chi connectivity index (χ3n) is 13.8. The number of hydrogen-bond acceptors (Lipinski definition) is 1. The van der Waals surface area contributed by atoms with E-state index in [0.29, 0.717) is 29.6 Å². The molecule has 3 aromatic rings. The van der Waals surface area contributed by atoms with E-state index in [1.165, 1.54) is 61.5 Å². The van der Waals surface area contributed by atoms with Gasteiger partial charge in [-0.25, -0.2) is 0 Å². The Morgan fingerprint density at radius 3 is 2.08 bits per heavy atom. The summed E-state index contributed by atoms with van der Waals surface area (Å²) in [6, 6.07) is 24.1. The van der Waals surface area contributed by atoms with Crippen LogP contribution < -0.4 is 4.90 Å². The first kappa shape index (κ1) is 30.2. The molecule has 10 rings (SSSR count). The Labute approximate surface area is 298 Å². The second-order valence-corrected chi connectivity index (χ2v) is 17.4. The summed E-state index contributed by atoms with van der Waals surface area (Å²) in [5.74, 6) is 2.20. The highest BCUT2D eigenvalue weighted by Crippen LogP contribution is 2.61. The maximum atomic E-state index is 2.71. The molecule has 5 aliphatic carbocycles. The Kier molecular flexibility index (Phi) is 6.18. The van der Waals surface area contributed by atoms with E-state index in [2.05, 4.69) is 186 Å². The lowest BCUT2D eigenvalue weighted by atomic mass is 9.56. The van der Waals surface area contributed by atoms with E-state index in [0.717, 1.165) is 0 Å². The smallest absolute Gasteiger partial charge is 0.0634 e. The molecule has 0 N–H and O–H groups in total. The molecule has 6 atom stereocenters. The van der Waals surface area contributed by atoms with Crippen LogP contribution in [0.2, 0.25) is 0 Å². The highest BCUT2D eigenvalue weighted by molar-refractivity contribution is 5.83. The van der Waals surface area contributed by atoms with Crippen molar-refractivity contribution < 1.29 is 0 Å². The van der Waals surface area contributed by atoms with Gasteiger partial charge in [0.05, 0.1) is 6.04 Å². The Balaban J connectivity index is 1.14. The molecule has 2 aliphatic heterocycles. The van der Waals surface area contributed by atoms with Gasteiger partial charge in [-0.1, -0.05) is 163 Å². The predicted molar refractivity (Wildman–Crippen MR) is 210 cm³/mol. The quantitative estimate of drug-likeness (QED) is 0.267. The van der Waals surface area contributed by atoms with Gasteiger partial charge in [0, 0.05) is 45.9 Å². The number of allylic oxidation sites excluding steroid dienone is 14. The van der Waals surface area contributed by atoms with Crippen molar-refractivity contribution >= 4 is 11.4 Å². The number of para-hydroxylation sites is 1. The van der Waals surface area contributed by atoms with Gasteiger partial charge in [0.2, 0.25) is 0 Å². The summed E-state index contributed by atoms with van der Waals surface area (Å²) in [6.45, 7) is 14.8.